The second-order valence-corrected chi connectivity index (χ2v) is 4.01. The summed E-state index contributed by atoms with van der Waals surface area (Å²) in [6, 6.07) is 3.07. The van der Waals surface area contributed by atoms with Gasteiger partial charge in [0.25, 0.3) is 5.95 Å². The van der Waals surface area contributed by atoms with Gasteiger partial charge in [0.05, 0.1) is 0 Å². The molecule has 10 heteroatoms. The molecule has 0 aliphatic rings. The lowest BCUT2D eigenvalue weighted by molar-refractivity contribution is -0.137. The highest BCUT2D eigenvalue weighted by atomic mass is 19.4. The van der Waals surface area contributed by atoms with Crippen molar-refractivity contribution in [3.05, 3.63) is 42.5 Å². The number of aromatic nitrogens is 6. The molecule has 3 aromatic heterocycles. The number of rotatable bonds is 2. The first kappa shape index (κ1) is 13.1. The Morgan fingerprint density at radius 1 is 0.952 bits per heavy atom. The van der Waals surface area contributed by atoms with Crippen LogP contribution in [0.4, 0.5) is 19.0 Å². The molecule has 7 nitrogen and oxygen atoms in total. The van der Waals surface area contributed by atoms with Gasteiger partial charge in [-0.2, -0.15) is 33.3 Å². The van der Waals surface area contributed by atoms with Gasteiger partial charge in [-0.1, -0.05) is 0 Å². The van der Waals surface area contributed by atoms with Crippen molar-refractivity contribution in [2.45, 2.75) is 6.18 Å². The standard InChI is InChI=1S/C11H8F3N7/c12-11(13,14)7-8(15)18-10(21-6-2-4-17-21)19-9(7)20-5-1-3-16-20/h1-6H,(H2,15,18,19). The highest BCUT2D eigenvalue weighted by Crippen LogP contribution is 2.36. The second-order valence-electron chi connectivity index (χ2n) is 4.01. The summed E-state index contributed by atoms with van der Waals surface area (Å²) in [5, 5.41) is 7.63. The summed E-state index contributed by atoms with van der Waals surface area (Å²) in [5.41, 5.74) is 4.33. The van der Waals surface area contributed by atoms with Crippen LogP contribution in [0.1, 0.15) is 5.56 Å². The molecule has 21 heavy (non-hydrogen) atoms. The summed E-state index contributed by atoms with van der Waals surface area (Å²) in [7, 11) is 0. The normalized spacial score (nSPS) is 11.8. The molecule has 0 amide bonds. The van der Waals surface area contributed by atoms with Crippen LogP contribution in [0.15, 0.2) is 36.9 Å². The Hall–Kier alpha value is -2.91. The predicted octanol–water partition coefficient (Wildman–Crippen LogP) is 1.45. The minimum atomic E-state index is -4.70. The van der Waals surface area contributed by atoms with E-state index in [1.807, 2.05) is 0 Å². The van der Waals surface area contributed by atoms with E-state index in [4.69, 9.17) is 5.73 Å². The van der Waals surface area contributed by atoms with Gasteiger partial charge in [-0.3, -0.25) is 0 Å². The molecule has 3 rings (SSSR count). The monoisotopic (exact) mass is 295 g/mol. The van der Waals surface area contributed by atoms with Gasteiger partial charge in [0.1, 0.15) is 11.4 Å². The van der Waals surface area contributed by atoms with Crippen molar-refractivity contribution in [3.8, 4) is 11.8 Å². The largest absolute Gasteiger partial charge is 0.423 e. The molecule has 0 aromatic carbocycles. The van der Waals surface area contributed by atoms with E-state index in [0.717, 1.165) is 4.68 Å². The Bertz CT molecular complexity index is 747. The number of nitrogen functional groups attached to an aromatic ring is 1. The van der Waals surface area contributed by atoms with Gasteiger partial charge in [0.2, 0.25) is 0 Å². The van der Waals surface area contributed by atoms with Gasteiger partial charge in [-0.05, 0) is 12.1 Å². The van der Waals surface area contributed by atoms with Crippen LogP contribution in [0.2, 0.25) is 0 Å². The molecule has 0 unspecified atom stereocenters. The zero-order valence-corrected chi connectivity index (χ0v) is 10.4. The fourth-order valence-electron chi connectivity index (χ4n) is 1.78. The lowest BCUT2D eigenvalue weighted by Gasteiger charge is -2.14. The Morgan fingerprint density at radius 3 is 2.10 bits per heavy atom. The van der Waals surface area contributed by atoms with Gasteiger partial charge in [-0.25, -0.2) is 9.36 Å². The van der Waals surface area contributed by atoms with Crippen LogP contribution in [0.5, 0.6) is 0 Å². The maximum atomic E-state index is 13.2. The number of nitrogens with zero attached hydrogens (tertiary/aromatic N) is 6. The second kappa shape index (κ2) is 4.58. The molecule has 0 aliphatic carbocycles. The number of hydrogen-bond acceptors (Lipinski definition) is 5. The average molecular weight is 295 g/mol. The SMILES string of the molecule is Nc1nc(-n2cccn2)nc(-n2cccn2)c1C(F)(F)F. The van der Waals surface area contributed by atoms with Gasteiger partial charge >= 0.3 is 6.18 Å². The quantitative estimate of drug-likeness (QED) is 0.773. The van der Waals surface area contributed by atoms with E-state index in [9.17, 15) is 13.2 Å². The summed E-state index contributed by atoms with van der Waals surface area (Å²) < 4.78 is 41.6. The Labute approximate surface area is 115 Å². The van der Waals surface area contributed by atoms with Crippen molar-refractivity contribution in [3.63, 3.8) is 0 Å². The van der Waals surface area contributed by atoms with E-state index in [1.54, 1.807) is 6.07 Å². The molecule has 0 fully saturated rings. The topological polar surface area (TPSA) is 87.4 Å². The molecular formula is C11H8F3N7. The number of hydrogen-bond donors (Lipinski definition) is 1. The molecule has 0 radical (unpaired) electrons. The van der Waals surface area contributed by atoms with Crippen molar-refractivity contribution < 1.29 is 13.2 Å². The third-order valence-corrected chi connectivity index (χ3v) is 2.62. The Balaban J connectivity index is 2.27. The first-order valence-electron chi connectivity index (χ1n) is 5.71. The van der Waals surface area contributed by atoms with Crippen LogP contribution in [0.25, 0.3) is 11.8 Å². The van der Waals surface area contributed by atoms with Crippen LogP contribution < -0.4 is 5.73 Å². The lowest BCUT2D eigenvalue weighted by atomic mass is 10.2. The number of nitrogens with two attached hydrogens (primary N) is 1. The molecule has 0 saturated carbocycles. The number of halogens is 3. The number of anilines is 1. The van der Waals surface area contributed by atoms with Crippen LogP contribution in [-0.2, 0) is 6.18 Å². The molecule has 3 aromatic rings. The maximum Gasteiger partial charge on any atom is 0.423 e. The van der Waals surface area contributed by atoms with E-state index in [2.05, 4.69) is 20.2 Å². The van der Waals surface area contributed by atoms with E-state index in [1.165, 1.54) is 35.5 Å². The zero-order chi connectivity index (χ0) is 15.0. The van der Waals surface area contributed by atoms with Crippen LogP contribution in [-0.4, -0.2) is 29.5 Å². The fourth-order valence-corrected chi connectivity index (χ4v) is 1.78. The summed E-state index contributed by atoms with van der Waals surface area (Å²) >= 11 is 0. The number of alkyl halides is 3. The highest BCUT2D eigenvalue weighted by molar-refractivity contribution is 5.52. The first-order chi connectivity index (χ1) is 9.97. The summed E-state index contributed by atoms with van der Waals surface area (Å²) in [5.74, 6) is -1.21. The maximum absolute atomic E-state index is 13.2. The van der Waals surface area contributed by atoms with Crippen LogP contribution in [0, 0.1) is 0 Å². The first-order valence-corrected chi connectivity index (χ1v) is 5.71. The molecule has 0 bridgehead atoms. The fraction of sp³-hybridized carbons (Fsp3) is 0.0909. The van der Waals surface area contributed by atoms with Gasteiger partial charge in [0, 0.05) is 24.8 Å². The third kappa shape index (κ3) is 2.30. The van der Waals surface area contributed by atoms with Crippen LogP contribution >= 0.6 is 0 Å². The lowest BCUT2D eigenvalue weighted by Crippen LogP contribution is -2.19. The van der Waals surface area contributed by atoms with Crippen molar-refractivity contribution >= 4 is 5.82 Å². The molecule has 0 atom stereocenters. The van der Waals surface area contributed by atoms with Crippen molar-refractivity contribution in [2.75, 3.05) is 5.73 Å². The molecule has 3 heterocycles. The van der Waals surface area contributed by atoms with Crippen LogP contribution in [0.3, 0.4) is 0 Å². The average Bonchev–Trinajstić information content (AvgIpc) is 3.10. The zero-order valence-electron chi connectivity index (χ0n) is 10.4. The predicted molar refractivity (Wildman–Crippen MR) is 65.7 cm³/mol. The van der Waals surface area contributed by atoms with Gasteiger partial charge < -0.3 is 5.73 Å². The summed E-state index contributed by atoms with van der Waals surface area (Å²) in [4.78, 5) is 7.53. The van der Waals surface area contributed by atoms with Gasteiger partial charge in [0.15, 0.2) is 5.82 Å². The molecule has 0 aliphatic heterocycles. The Kier molecular flexibility index (Phi) is 2.85. The van der Waals surface area contributed by atoms with E-state index in [-0.39, 0.29) is 5.95 Å². The Morgan fingerprint density at radius 2 is 1.57 bits per heavy atom. The van der Waals surface area contributed by atoms with Crippen molar-refractivity contribution in [1.82, 2.24) is 29.5 Å². The molecular weight excluding hydrogens is 287 g/mol. The van der Waals surface area contributed by atoms with E-state index >= 15 is 0 Å². The smallest absolute Gasteiger partial charge is 0.383 e. The van der Waals surface area contributed by atoms with Gasteiger partial charge in [-0.15, -0.1) is 0 Å². The molecule has 0 spiro atoms. The highest BCUT2D eigenvalue weighted by Gasteiger charge is 2.39. The van der Waals surface area contributed by atoms with Crippen molar-refractivity contribution in [1.29, 1.82) is 0 Å². The van der Waals surface area contributed by atoms with E-state index < -0.39 is 23.4 Å². The minimum Gasteiger partial charge on any atom is -0.383 e. The summed E-state index contributed by atoms with van der Waals surface area (Å²) in [6.45, 7) is 0. The molecule has 108 valence electrons. The molecule has 2 N–H and O–H groups in total. The molecule has 0 saturated heterocycles. The van der Waals surface area contributed by atoms with E-state index in [0.29, 0.717) is 0 Å². The third-order valence-electron chi connectivity index (χ3n) is 2.62. The summed E-state index contributed by atoms with van der Waals surface area (Å²) in [6.07, 6.45) is 0.920. The minimum absolute atomic E-state index is 0.0731. The van der Waals surface area contributed by atoms with Crippen molar-refractivity contribution in [2.24, 2.45) is 0 Å².